The molecule has 1 unspecified atom stereocenters. The molecule has 0 spiro atoms. The quantitative estimate of drug-likeness (QED) is 0.803. The van der Waals surface area contributed by atoms with Crippen LogP contribution >= 0.6 is 0 Å². The van der Waals surface area contributed by atoms with Gasteiger partial charge in [-0.25, -0.2) is 0 Å². The Labute approximate surface area is 98.2 Å². The fourth-order valence-corrected chi connectivity index (χ4v) is 1.76. The van der Waals surface area contributed by atoms with Crippen LogP contribution in [0.4, 0.5) is 0 Å². The number of aromatic nitrogens is 1. The number of rotatable bonds is 6. The van der Waals surface area contributed by atoms with Crippen molar-refractivity contribution in [3.05, 3.63) is 24.0 Å². The molecule has 1 atom stereocenters. The van der Waals surface area contributed by atoms with Crippen molar-refractivity contribution in [3.8, 4) is 5.75 Å². The van der Waals surface area contributed by atoms with E-state index in [9.17, 15) is 0 Å². The number of hydrogen-bond donors (Lipinski definition) is 1. The van der Waals surface area contributed by atoms with Gasteiger partial charge in [-0.1, -0.05) is 20.8 Å². The molecular weight excluding hydrogens is 200 g/mol. The van der Waals surface area contributed by atoms with Gasteiger partial charge in [0.05, 0.1) is 18.8 Å². The lowest BCUT2D eigenvalue weighted by Crippen LogP contribution is -2.27. The summed E-state index contributed by atoms with van der Waals surface area (Å²) in [4.78, 5) is 4.44. The van der Waals surface area contributed by atoms with Crippen molar-refractivity contribution >= 4 is 0 Å². The summed E-state index contributed by atoms with van der Waals surface area (Å²) in [5.41, 5.74) is 1.01. The van der Waals surface area contributed by atoms with E-state index in [4.69, 9.17) is 4.74 Å². The lowest BCUT2D eigenvalue weighted by Gasteiger charge is -2.23. The maximum atomic E-state index is 5.35. The van der Waals surface area contributed by atoms with Crippen molar-refractivity contribution < 1.29 is 4.74 Å². The first-order chi connectivity index (χ1) is 7.70. The van der Waals surface area contributed by atoms with Crippen molar-refractivity contribution in [2.24, 2.45) is 5.92 Å². The number of ether oxygens (including phenoxy) is 1. The van der Waals surface area contributed by atoms with Crippen LogP contribution in [0.2, 0.25) is 0 Å². The monoisotopic (exact) mass is 222 g/mol. The summed E-state index contributed by atoms with van der Waals surface area (Å²) in [5, 5.41) is 3.52. The standard InChI is InChI=1S/C13H22N2O/c1-5-8-14-12(10(2)3)13-11(16-4)7-6-9-15-13/h6-7,9-10,12,14H,5,8H2,1-4H3. The van der Waals surface area contributed by atoms with E-state index in [0.29, 0.717) is 5.92 Å². The second-order valence-corrected chi connectivity index (χ2v) is 4.27. The fraction of sp³-hybridized carbons (Fsp3) is 0.615. The Morgan fingerprint density at radius 2 is 2.19 bits per heavy atom. The molecule has 16 heavy (non-hydrogen) atoms. The molecule has 1 rings (SSSR count). The van der Waals surface area contributed by atoms with Gasteiger partial charge in [-0.3, -0.25) is 4.98 Å². The SMILES string of the molecule is CCCNC(c1ncccc1OC)C(C)C. The van der Waals surface area contributed by atoms with Crippen LogP contribution in [-0.4, -0.2) is 18.6 Å². The van der Waals surface area contributed by atoms with Crippen molar-refractivity contribution in [1.29, 1.82) is 0 Å². The molecule has 1 N–H and O–H groups in total. The molecule has 0 saturated carbocycles. The van der Waals surface area contributed by atoms with Gasteiger partial charge < -0.3 is 10.1 Å². The Bertz CT molecular complexity index is 313. The lowest BCUT2D eigenvalue weighted by atomic mass is 9.99. The molecule has 1 aromatic rings. The summed E-state index contributed by atoms with van der Waals surface area (Å²) < 4.78 is 5.35. The third kappa shape index (κ3) is 3.20. The lowest BCUT2D eigenvalue weighted by molar-refractivity contribution is 0.362. The van der Waals surface area contributed by atoms with Crippen molar-refractivity contribution in [2.45, 2.75) is 33.2 Å². The second-order valence-electron chi connectivity index (χ2n) is 4.27. The summed E-state index contributed by atoms with van der Waals surface area (Å²) in [6.45, 7) is 7.56. The second kappa shape index (κ2) is 6.48. The predicted molar refractivity (Wildman–Crippen MR) is 66.7 cm³/mol. The minimum Gasteiger partial charge on any atom is -0.495 e. The molecule has 0 amide bonds. The number of nitrogens with zero attached hydrogens (tertiary/aromatic N) is 1. The summed E-state index contributed by atoms with van der Waals surface area (Å²) >= 11 is 0. The number of nitrogens with one attached hydrogen (secondary N) is 1. The molecule has 0 aliphatic carbocycles. The van der Waals surface area contributed by atoms with E-state index in [0.717, 1.165) is 24.4 Å². The first-order valence-corrected chi connectivity index (χ1v) is 5.93. The van der Waals surface area contributed by atoms with Crippen molar-refractivity contribution in [3.63, 3.8) is 0 Å². The van der Waals surface area contributed by atoms with E-state index < -0.39 is 0 Å². The Hall–Kier alpha value is -1.09. The molecule has 0 aliphatic rings. The Morgan fingerprint density at radius 1 is 1.44 bits per heavy atom. The van der Waals surface area contributed by atoms with Crippen LogP contribution in [0.25, 0.3) is 0 Å². The van der Waals surface area contributed by atoms with Gasteiger partial charge in [0.15, 0.2) is 0 Å². The van der Waals surface area contributed by atoms with Crippen LogP contribution in [0.15, 0.2) is 18.3 Å². The maximum Gasteiger partial charge on any atom is 0.141 e. The van der Waals surface area contributed by atoms with Gasteiger partial charge in [0.1, 0.15) is 5.75 Å². The molecule has 0 saturated heterocycles. The Morgan fingerprint density at radius 3 is 2.75 bits per heavy atom. The average molecular weight is 222 g/mol. The highest BCUT2D eigenvalue weighted by molar-refractivity contribution is 5.29. The van der Waals surface area contributed by atoms with E-state index >= 15 is 0 Å². The third-order valence-corrected chi connectivity index (χ3v) is 2.60. The van der Waals surface area contributed by atoms with Gasteiger partial charge in [0.25, 0.3) is 0 Å². The van der Waals surface area contributed by atoms with Gasteiger partial charge in [-0.05, 0) is 31.0 Å². The van der Waals surface area contributed by atoms with Gasteiger partial charge in [0.2, 0.25) is 0 Å². The Balaban J connectivity index is 2.91. The molecule has 90 valence electrons. The van der Waals surface area contributed by atoms with Crippen LogP contribution in [0.3, 0.4) is 0 Å². The molecule has 3 nitrogen and oxygen atoms in total. The fourth-order valence-electron chi connectivity index (χ4n) is 1.76. The topological polar surface area (TPSA) is 34.2 Å². The predicted octanol–water partition coefficient (Wildman–Crippen LogP) is 2.79. The van der Waals surface area contributed by atoms with Crippen LogP contribution in [0.5, 0.6) is 5.75 Å². The summed E-state index contributed by atoms with van der Waals surface area (Å²) in [5.74, 6) is 1.36. The van der Waals surface area contributed by atoms with Crippen LogP contribution in [0.1, 0.15) is 38.9 Å². The zero-order valence-electron chi connectivity index (χ0n) is 10.7. The number of methoxy groups -OCH3 is 1. The zero-order valence-corrected chi connectivity index (χ0v) is 10.7. The molecule has 0 aliphatic heterocycles. The minimum atomic E-state index is 0.260. The first kappa shape index (κ1) is 13.0. The first-order valence-electron chi connectivity index (χ1n) is 5.93. The zero-order chi connectivity index (χ0) is 12.0. The molecule has 3 heteroatoms. The van der Waals surface area contributed by atoms with E-state index in [1.54, 1.807) is 7.11 Å². The van der Waals surface area contributed by atoms with Gasteiger partial charge in [0, 0.05) is 6.20 Å². The molecule has 0 bridgehead atoms. The summed E-state index contributed by atoms with van der Waals surface area (Å²) in [7, 11) is 1.69. The van der Waals surface area contributed by atoms with Crippen molar-refractivity contribution in [2.75, 3.05) is 13.7 Å². The van der Waals surface area contributed by atoms with Crippen LogP contribution < -0.4 is 10.1 Å². The highest BCUT2D eigenvalue weighted by atomic mass is 16.5. The van der Waals surface area contributed by atoms with Gasteiger partial charge >= 0.3 is 0 Å². The largest absolute Gasteiger partial charge is 0.495 e. The Kier molecular flexibility index (Phi) is 5.26. The molecule has 0 fully saturated rings. The highest BCUT2D eigenvalue weighted by Crippen LogP contribution is 2.27. The van der Waals surface area contributed by atoms with E-state index in [1.165, 1.54) is 0 Å². The number of pyridine rings is 1. The van der Waals surface area contributed by atoms with Gasteiger partial charge in [-0.15, -0.1) is 0 Å². The summed E-state index contributed by atoms with van der Waals surface area (Å²) in [6, 6.07) is 4.13. The van der Waals surface area contributed by atoms with Gasteiger partial charge in [-0.2, -0.15) is 0 Å². The molecule has 1 heterocycles. The van der Waals surface area contributed by atoms with E-state index in [1.807, 2.05) is 18.3 Å². The van der Waals surface area contributed by atoms with Crippen molar-refractivity contribution in [1.82, 2.24) is 10.3 Å². The average Bonchev–Trinajstić information content (AvgIpc) is 2.29. The van der Waals surface area contributed by atoms with Crippen LogP contribution in [-0.2, 0) is 0 Å². The van der Waals surface area contributed by atoms with E-state index in [2.05, 4.69) is 31.1 Å². The normalized spacial score (nSPS) is 12.8. The molecule has 0 aromatic carbocycles. The highest BCUT2D eigenvalue weighted by Gasteiger charge is 2.19. The van der Waals surface area contributed by atoms with E-state index in [-0.39, 0.29) is 6.04 Å². The molecule has 0 radical (unpaired) electrons. The minimum absolute atomic E-state index is 0.260. The smallest absolute Gasteiger partial charge is 0.141 e. The maximum absolute atomic E-state index is 5.35. The third-order valence-electron chi connectivity index (χ3n) is 2.60. The van der Waals surface area contributed by atoms with Crippen LogP contribution in [0, 0.1) is 5.92 Å². The molecule has 1 aromatic heterocycles. The molecular formula is C13H22N2O. The number of hydrogen-bond acceptors (Lipinski definition) is 3. The summed E-state index contributed by atoms with van der Waals surface area (Å²) in [6.07, 6.45) is 2.94.